The highest BCUT2D eigenvalue weighted by molar-refractivity contribution is 7.22. The Kier molecular flexibility index (Phi) is 4.75. The molecule has 0 spiro atoms. The van der Waals surface area contributed by atoms with Crippen LogP contribution in [0.4, 0.5) is 5.13 Å². The van der Waals surface area contributed by atoms with E-state index >= 15 is 0 Å². The molecular weight excluding hydrogens is 326 g/mol. The Bertz CT molecular complexity index is 808. The van der Waals surface area contributed by atoms with Crippen molar-refractivity contribution in [1.82, 2.24) is 4.98 Å². The highest BCUT2D eigenvalue weighted by Gasteiger charge is 2.23. The molecule has 0 fully saturated rings. The predicted molar refractivity (Wildman–Crippen MR) is 98.0 cm³/mol. The van der Waals surface area contributed by atoms with Crippen LogP contribution in [0.3, 0.4) is 0 Å². The minimum absolute atomic E-state index is 0.0398. The van der Waals surface area contributed by atoms with Crippen LogP contribution in [0.2, 0.25) is 0 Å². The molecule has 0 aliphatic carbocycles. The Balaban J connectivity index is 1.98. The van der Waals surface area contributed by atoms with Crippen molar-refractivity contribution < 1.29 is 9.69 Å². The summed E-state index contributed by atoms with van der Waals surface area (Å²) in [5, 5.41) is 2.72. The summed E-state index contributed by atoms with van der Waals surface area (Å²) < 4.78 is 1.13. The van der Waals surface area contributed by atoms with Crippen LogP contribution < -0.4 is 9.80 Å². The number of quaternary nitrogens is 1. The number of nitrogens with zero attached hydrogens (tertiary/aromatic N) is 2. The van der Waals surface area contributed by atoms with Crippen LogP contribution in [-0.4, -0.2) is 38.1 Å². The number of thiophene rings is 1. The van der Waals surface area contributed by atoms with Crippen LogP contribution in [-0.2, 0) is 0 Å². The van der Waals surface area contributed by atoms with Gasteiger partial charge in [-0.15, -0.1) is 11.3 Å². The molecule has 2 heterocycles. The van der Waals surface area contributed by atoms with E-state index in [9.17, 15) is 4.79 Å². The van der Waals surface area contributed by atoms with E-state index in [4.69, 9.17) is 4.98 Å². The van der Waals surface area contributed by atoms with Crippen molar-refractivity contribution >= 4 is 43.9 Å². The van der Waals surface area contributed by atoms with E-state index in [-0.39, 0.29) is 5.91 Å². The molecule has 4 nitrogen and oxygen atoms in total. The van der Waals surface area contributed by atoms with Gasteiger partial charge in [-0.1, -0.05) is 29.5 Å². The molecular formula is C17H20N3OS2+. The van der Waals surface area contributed by atoms with Crippen LogP contribution >= 0.6 is 22.7 Å². The Labute approximate surface area is 144 Å². The quantitative estimate of drug-likeness (QED) is 0.771. The lowest BCUT2D eigenvalue weighted by atomic mass is 10.2. The summed E-state index contributed by atoms with van der Waals surface area (Å²) in [6.45, 7) is 3.60. The Morgan fingerprint density at radius 1 is 1.26 bits per heavy atom. The molecule has 0 saturated carbocycles. The first kappa shape index (κ1) is 16.1. The number of amides is 1. The van der Waals surface area contributed by atoms with E-state index in [1.807, 2.05) is 28.5 Å². The molecule has 0 aliphatic heterocycles. The number of likely N-dealkylation sites (N-methyl/N-ethyl adjacent to an activating group) is 1. The first-order valence-electron chi connectivity index (χ1n) is 7.57. The van der Waals surface area contributed by atoms with Crippen LogP contribution in [0.15, 0.2) is 35.7 Å². The molecule has 6 heteroatoms. The fraction of sp³-hybridized carbons (Fsp3) is 0.294. The molecule has 0 saturated heterocycles. The van der Waals surface area contributed by atoms with Crippen LogP contribution in [0.25, 0.3) is 10.2 Å². The van der Waals surface area contributed by atoms with Gasteiger partial charge in [0.1, 0.15) is 0 Å². The first-order chi connectivity index (χ1) is 11.1. The zero-order valence-electron chi connectivity index (χ0n) is 13.5. The van der Waals surface area contributed by atoms with Gasteiger partial charge in [0.2, 0.25) is 0 Å². The van der Waals surface area contributed by atoms with E-state index in [0.29, 0.717) is 6.54 Å². The predicted octanol–water partition coefficient (Wildman–Crippen LogP) is 2.46. The number of para-hydroxylation sites is 1. The molecule has 0 bridgehead atoms. The molecule has 0 unspecified atom stereocenters. The van der Waals surface area contributed by atoms with Crippen molar-refractivity contribution in [3.05, 3.63) is 46.2 Å². The van der Waals surface area contributed by atoms with Gasteiger partial charge in [-0.25, -0.2) is 4.98 Å². The van der Waals surface area contributed by atoms with Gasteiger partial charge in [-0.3, -0.25) is 9.69 Å². The average molecular weight is 347 g/mol. The fourth-order valence-corrected chi connectivity index (χ4v) is 4.08. The van der Waals surface area contributed by atoms with Gasteiger partial charge in [0.15, 0.2) is 5.13 Å². The van der Waals surface area contributed by atoms with Gasteiger partial charge < -0.3 is 4.90 Å². The molecule has 3 rings (SSSR count). The number of anilines is 1. The van der Waals surface area contributed by atoms with E-state index in [1.54, 1.807) is 11.3 Å². The zero-order valence-corrected chi connectivity index (χ0v) is 15.1. The number of hydrogen-bond donors (Lipinski definition) is 1. The number of hydrogen-bond acceptors (Lipinski definition) is 4. The molecule has 1 N–H and O–H groups in total. The van der Waals surface area contributed by atoms with Crippen molar-refractivity contribution in [1.29, 1.82) is 0 Å². The molecule has 0 aliphatic rings. The molecule has 0 radical (unpaired) electrons. The summed E-state index contributed by atoms with van der Waals surface area (Å²) in [4.78, 5) is 21.5. The largest absolute Gasteiger partial charge is 0.338 e. The standard InChI is InChI=1S/C17H19N3OS2/c1-12-6-4-7-13-15(12)18-17(23-13)20(10-9-19(2)3)16(21)14-8-5-11-22-14/h4-8,11H,9-10H2,1-3H3/p+1. The molecule has 120 valence electrons. The number of fused-ring (bicyclic) bond motifs is 1. The number of aromatic nitrogens is 1. The molecule has 0 atom stereocenters. The Morgan fingerprint density at radius 3 is 2.74 bits per heavy atom. The smallest absolute Gasteiger partial charge is 0.270 e. The maximum absolute atomic E-state index is 12.9. The van der Waals surface area contributed by atoms with Gasteiger partial charge >= 0.3 is 0 Å². The van der Waals surface area contributed by atoms with E-state index in [2.05, 4.69) is 33.2 Å². The van der Waals surface area contributed by atoms with Gasteiger partial charge in [0, 0.05) is 0 Å². The number of carbonyl (C=O) groups excluding carboxylic acids is 1. The number of benzene rings is 1. The van der Waals surface area contributed by atoms with Crippen molar-refractivity contribution in [2.45, 2.75) is 6.92 Å². The number of rotatable bonds is 5. The third-order valence-electron chi connectivity index (χ3n) is 3.65. The van der Waals surface area contributed by atoms with E-state index < -0.39 is 0 Å². The van der Waals surface area contributed by atoms with Crippen molar-refractivity contribution in [3.63, 3.8) is 0 Å². The zero-order chi connectivity index (χ0) is 16.4. The van der Waals surface area contributed by atoms with Gasteiger partial charge in [0.05, 0.1) is 42.3 Å². The number of nitrogens with one attached hydrogen (secondary N) is 1. The van der Waals surface area contributed by atoms with Crippen LogP contribution in [0, 0.1) is 6.92 Å². The van der Waals surface area contributed by atoms with Gasteiger partial charge in [-0.2, -0.15) is 0 Å². The van der Waals surface area contributed by atoms with Crippen LogP contribution in [0.1, 0.15) is 15.2 Å². The third-order valence-corrected chi connectivity index (χ3v) is 5.55. The second-order valence-electron chi connectivity index (χ2n) is 5.81. The topological polar surface area (TPSA) is 37.6 Å². The minimum Gasteiger partial charge on any atom is -0.338 e. The molecule has 1 amide bonds. The summed E-state index contributed by atoms with van der Waals surface area (Å²) in [5.41, 5.74) is 2.14. The molecule has 1 aromatic carbocycles. The second kappa shape index (κ2) is 6.78. The Hall–Kier alpha value is -1.76. The fourth-order valence-electron chi connectivity index (χ4n) is 2.34. The van der Waals surface area contributed by atoms with Crippen LogP contribution in [0.5, 0.6) is 0 Å². The monoisotopic (exact) mass is 346 g/mol. The lowest BCUT2D eigenvalue weighted by Crippen LogP contribution is -3.06. The number of thiazole rings is 1. The summed E-state index contributed by atoms with van der Waals surface area (Å²) in [5.74, 6) is 0.0398. The van der Waals surface area contributed by atoms with Gasteiger partial charge in [-0.05, 0) is 30.0 Å². The van der Waals surface area contributed by atoms with E-state index in [0.717, 1.165) is 32.3 Å². The lowest BCUT2D eigenvalue weighted by molar-refractivity contribution is -0.856. The average Bonchev–Trinajstić information content (AvgIpc) is 3.16. The minimum atomic E-state index is 0.0398. The van der Waals surface area contributed by atoms with Crippen molar-refractivity contribution in [2.24, 2.45) is 0 Å². The maximum atomic E-state index is 12.9. The molecule has 23 heavy (non-hydrogen) atoms. The second-order valence-corrected chi connectivity index (χ2v) is 7.77. The maximum Gasteiger partial charge on any atom is 0.270 e. The van der Waals surface area contributed by atoms with Gasteiger partial charge in [0.25, 0.3) is 5.91 Å². The highest BCUT2D eigenvalue weighted by atomic mass is 32.1. The summed E-state index contributed by atoms with van der Waals surface area (Å²) in [6.07, 6.45) is 0. The van der Waals surface area contributed by atoms with Crippen molar-refractivity contribution in [3.8, 4) is 0 Å². The molecule has 2 aromatic heterocycles. The van der Waals surface area contributed by atoms with Crippen molar-refractivity contribution in [2.75, 3.05) is 32.1 Å². The first-order valence-corrected chi connectivity index (χ1v) is 9.26. The summed E-state index contributed by atoms with van der Waals surface area (Å²) in [7, 11) is 4.19. The molecule has 3 aromatic rings. The number of aryl methyl sites for hydroxylation is 1. The van der Waals surface area contributed by atoms with E-state index in [1.165, 1.54) is 16.2 Å². The summed E-state index contributed by atoms with van der Waals surface area (Å²) in [6, 6.07) is 9.95. The lowest BCUT2D eigenvalue weighted by Gasteiger charge is -2.19. The highest BCUT2D eigenvalue weighted by Crippen LogP contribution is 2.31. The Morgan fingerprint density at radius 2 is 2.09 bits per heavy atom. The number of carbonyl (C=O) groups is 1. The normalized spacial score (nSPS) is 11.3. The third kappa shape index (κ3) is 3.44. The SMILES string of the molecule is Cc1cccc2sc(N(CC[NH+](C)C)C(=O)c3cccs3)nc12. The summed E-state index contributed by atoms with van der Waals surface area (Å²) >= 11 is 3.06.